The van der Waals surface area contributed by atoms with Crippen molar-refractivity contribution >= 4 is 15.7 Å². The average Bonchev–Trinajstić information content (AvgIpc) is 2.30. The van der Waals surface area contributed by atoms with Crippen molar-refractivity contribution in [1.82, 2.24) is 4.72 Å². The molecule has 10 heteroatoms. The summed E-state index contributed by atoms with van der Waals surface area (Å²) >= 11 is 0. The summed E-state index contributed by atoms with van der Waals surface area (Å²) in [5, 5.41) is 9.08. The molecule has 0 heterocycles. The normalized spacial score (nSPS) is 12.9. The van der Waals surface area contributed by atoms with Crippen LogP contribution in [-0.4, -0.2) is 32.4 Å². The molecule has 0 aliphatic rings. The van der Waals surface area contributed by atoms with Crippen LogP contribution in [0.5, 0.6) is 5.75 Å². The van der Waals surface area contributed by atoms with Crippen LogP contribution in [0.15, 0.2) is 23.1 Å². The lowest BCUT2D eigenvalue weighted by molar-refractivity contribution is -0.122. The second-order valence-electron chi connectivity index (χ2n) is 3.61. The molecule has 0 amide bonds. The molecule has 0 aliphatic carbocycles. The number of hydrogen-bond donors (Lipinski definition) is 3. The predicted octanol–water partition coefficient (Wildman–Crippen LogP) is 1.15. The maximum absolute atomic E-state index is 12.6. The third kappa shape index (κ3) is 3.70. The third-order valence-electron chi connectivity index (χ3n) is 2.13. The van der Waals surface area contributed by atoms with E-state index in [1.807, 2.05) is 0 Å². The van der Waals surface area contributed by atoms with E-state index in [9.17, 15) is 26.0 Å². The van der Waals surface area contributed by atoms with E-state index in [4.69, 9.17) is 10.8 Å². The molecule has 0 spiro atoms. The Bertz CT molecular complexity index is 563. The van der Waals surface area contributed by atoms with Crippen molar-refractivity contribution in [3.8, 4) is 5.75 Å². The minimum atomic E-state index is -4.48. The van der Waals surface area contributed by atoms with Crippen LogP contribution in [0.3, 0.4) is 0 Å². The van der Waals surface area contributed by atoms with Crippen LogP contribution >= 0.6 is 0 Å². The van der Waals surface area contributed by atoms with Gasteiger partial charge in [-0.15, -0.1) is 0 Å². The topological polar surface area (TPSA) is 92.4 Å². The minimum Gasteiger partial charge on any atom is -0.506 e. The monoisotopic (exact) mass is 302 g/mol. The molecule has 5 nitrogen and oxygen atoms in total. The zero-order chi connectivity index (χ0) is 14.8. The van der Waals surface area contributed by atoms with Crippen molar-refractivity contribution in [2.75, 3.05) is 12.3 Å². The van der Waals surface area contributed by atoms with Crippen molar-refractivity contribution in [2.45, 2.75) is 17.2 Å². The molecule has 1 rings (SSSR count). The number of phenolic OH excluding ortho intramolecular Hbond substituents is 1. The van der Waals surface area contributed by atoms with Crippen LogP contribution in [0, 0.1) is 0 Å². The standard InChI is InChI=1S/C9H10F4N2O3S/c10-8(11)9(12,13)4-15-19(17,18)5-1-2-7(16)6(14)3-5/h1-3,8,15-16H,4,14H2. The molecule has 0 saturated carbocycles. The van der Waals surface area contributed by atoms with Gasteiger partial charge < -0.3 is 10.8 Å². The summed E-state index contributed by atoms with van der Waals surface area (Å²) in [6.45, 7) is -1.74. The van der Waals surface area contributed by atoms with Crippen molar-refractivity contribution in [3.63, 3.8) is 0 Å². The number of aromatic hydroxyl groups is 1. The Labute approximate surface area is 106 Å². The van der Waals surface area contributed by atoms with Gasteiger partial charge in [-0.1, -0.05) is 0 Å². The largest absolute Gasteiger partial charge is 0.506 e. The Morgan fingerprint density at radius 3 is 2.42 bits per heavy atom. The lowest BCUT2D eigenvalue weighted by Gasteiger charge is -2.16. The van der Waals surface area contributed by atoms with Crippen LogP contribution in [0.1, 0.15) is 0 Å². The number of phenols is 1. The van der Waals surface area contributed by atoms with Crippen LogP contribution in [0.25, 0.3) is 0 Å². The number of nitrogens with two attached hydrogens (primary N) is 1. The molecule has 0 unspecified atom stereocenters. The second-order valence-corrected chi connectivity index (χ2v) is 5.37. The fraction of sp³-hybridized carbons (Fsp3) is 0.333. The van der Waals surface area contributed by atoms with E-state index in [-0.39, 0.29) is 5.69 Å². The van der Waals surface area contributed by atoms with E-state index in [0.29, 0.717) is 0 Å². The highest BCUT2D eigenvalue weighted by Gasteiger charge is 2.41. The van der Waals surface area contributed by atoms with E-state index < -0.39 is 39.6 Å². The number of nitrogen functional groups attached to an aromatic ring is 1. The predicted molar refractivity (Wildman–Crippen MR) is 58.7 cm³/mol. The second kappa shape index (κ2) is 5.21. The number of benzene rings is 1. The molecule has 19 heavy (non-hydrogen) atoms. The molecule has 4 N–H and O–H groups in total. The Morgan fingerprint density at radius 1 is 1.37 bits per heavy atom. The summed E-state index contributed by atoms with van der Waals surface area (Å²) in [5.74, 6) is -4.87. The van der Waals surface area contributed by atoms with E-state index in [1.54, 1.807) is 0 Å². The van der Waals surface area contributed by atoms with Gasteiger partial charge in [0.2, 0.25) is 10.0 Å². The summed E-state index contributed by atoms with van der Waals surface area (Å²) in [4.78, 5) is -0.520. The number of alkyl halides is 4. The highest BCUT2D eigenvalue weighted by molar-refractivity contribution is 7.89. The van der Waals surface area contributed by atoms with Gasteiger partial charge in [0.15, 0.2) is 0 Å². The number of hydrogen-bond acceptors (Lipinski definition) is 4. The summed E-state index contributed by atoms with van der Waals surface area (Å²) in [5.41, 5.74) is 4.95. The summed E-state index contributed by atoms with van der Waals surface area (Å²) in [6.07, 6.45) is -3.99. The smallest absolute Gasteiger partial charge is 0.320 e. The van der Waals surface area contributed by atoms with Crippen LogP contribution < -0.4 is 10.5 Å². The lowest BCUT2D eigenvalue weighted by atomic mass is 10.3. The third-order valence-corrected chi connectivity index (χ3v) is 3.53. The molecule has 0 radical (unpaired) electrons. The van der Waals surface area contributed by atoms with Crippen molar-refractivity contribution in [3.05, 3.63) is 18.2 Å². The van der Waals surface area contributed by atoms with Crippen LogP contribution in [0.2, 0.25) is 0 Å². The zero-order valence-electron chi connectivity index (χ0n) is 9.28. The summed E-state index contributed by atoms with van der Waals surface area (Å²) in [6, 6.07) is 2.65. The Balaban J connectivity index is 2.90. The van der Waals surface area contributed by atoms with Gasteiger partial charge in [-0.2, -0.15) is 8.78 Å². The van der Waals surface area contributed by atoms with Crippen LogP contribution in [-0.2, 0) is 10.0 Å². The number of nitrogens with one attached hydrogen (secondary N) is 1. The van der Waals surface area contributed by atoms with Gasteiger partial charge in [0.05, 0.1) is 17.1 Å². The van der Waals surface area contributed by atoms with Crippen molar-refractivity contribution in [1.29, 1.82) is 0 Å². The maximum atomic E-state index is 12.6. The molecule has 0 saturated heterocycles. The van der Waals surface area contributed by atoms with Crippen molar-refractivity contribution < 1.29 is 31.1 Å². The lowest BCUT2D eigenvalue weighted by Crippen LogP contribution is -2.41. The summed E-state index contributed by atoms with van der Waals surface area (Å²) in [7, 11) is -4.42. The zero-order valence-corrected chi connectivity index (χ0v) is 10.1. The molecule has 0 fully saturated rings. The molecular weight excluding hydrogens is 292 g/mol. The molecule has 108 valence electrons. The minimum absolute atomic E-state index is 0.288. The maximum Gasteiger partial charge on any atom is 0.320 e. The Morgan fingerprint density at radius 2 is 1.95 bits per heavy atom. The first-order valence-electron chi connectivity index (χ1n) is 4.80. The highest BCUT2D eigenvalue weighted by atomic mass is 32.2. The average molecular weight is 302 g/mol. The number of sulfonamides is 1. The Kier molecular flexibility index (Phi) is 4.25. The van der Waals surface area contributed by atoms with E-state index >= 15 is 0 Å². The first kappa shape index (κ1) is 15.5. The summed E-state index contributed by atoms with van der Waals surface area (Å²) < 4.78 is 73.4. The molecule has 0 atom stereocenters. The SMILES string of the molecule is Nc1cc(S(=O)(=O)NCC(F)(F)C(F)F)ccc1O. The molecule has 0 aliphatic heterocycles. The van der Waals surface area contributed by atoms with Gasteiger partial charge in [0.25, 0.3) is 0 Å². The van der Waals surface area contributed by atoms with Gasteiger partial charge in [0.1, 0.15) is 5.75 Å². The van der Waals surface area contributed by atoms with Gasteiger partial charge >= 0.3 is 12.3 Å². The molecule has 0 bridgehead atoms. The number of rotatable bonds is 5. The van der Waals surface area contributed by atoms with Gasteiger partial charge in [0, 0.05) is 0 Å². The van der Waals surface area contributed by atoms with Gasteiger partial charge in [-0.25, -0.2) is 21.9 Å². The van der Waals surface area contributed by atoms with Gasteiger partial charge in [-0.3, -0.25) is 0 Å². The van der Waals surface area contributed by atoms with E-state index in [0.717, 1.165) is 18.2 Å². The Hall–Kier alpha value is -1.55. The van der Waals surface area contributed by atoms with E-state index in [2.05, 4.69) is 0 Å². The quantitative estimate of drug-likeness (QED) is 0.432. The fourth-order valence-electron chi connectivity index (χ4n) is 1.05. The number of anilines is 1. The molecule has 0 aromatic heterocycles. The fourth-order valence-corrected chi connectivity index (χ4v) is 2.13. The molecule has 1 aromatic rings. The van der Waals surface area contributed by atoms with Gasteiger partial charge in [-0.05, 0) is 18.2 Å². The first-order valence-corrected chi connectivity index (χ1v) is 6.29. The van der Waals surface area contributed by atoms with Crippen LogP contribution in [0.4, 0.5) is 23.2 Å². The number of halogens is 4. The van der Waals surface area contributed by atoms with E-state index in [1.165, 1.54) is 4.72 Å². The highest BCUT2D eigenvalue weighted by Crippen LogP contribution is 2.25. The molecule has 1 aromatic carbocycles. The van der Waals surface area contributed by atoms with Crippen molar-refractivity contribution in [2.24, 2.45) is 0 Å². The molecular formula is C9H10F4N2O3S. The first-order chi connectivity index (χ1) is 8.56.